The molecule has 10 atom stereocenters. The van der Waals surface area contributed by atoms with Crippen LogP contribution in [-0.2, 0) is 49.3 Å². The third kappa shape index (κ3) is 10.8. The van der Waals surface area contributed by atoms with Crippen molar-refractivity contribution in [1.29, 1.82) is 0 Å². The summed E-state index contributed by atoms with van der Waals surface area (Å²) in [5.74, 6) is -6.53. The van der Waals surface area contributed by atoms with Gasteiger partial charge in [0.15, 0.2) is 0 Å². The van der Waals surface area contributed by atoms with E-state index < -0.39 is 109 Å². The molecule has 342 valence electrons. The second kappa shape index (κ2) is 19.9. The van der Waals surface area contributed by atoms with Crippen molar-refractivity contribution < 1.29 is 53.1 Å². The number of aryl methyl sites for hydroxylation is 2. The molecular formula is C44H67BN6O11. The first kappa shape index (κ1) is 48.5. The fourth-order valence-corrected chi connectivity index (χ4v) is 9.95. The highest BCUT2D eigenvalue weighted by Gasteiger charge is 2.68. The molecule has 2 saturated heterocycles. The fraction of sp³-hybridized carbons (Fsp3) is 0.705. The Kier molecular flexibility index (Phi) is 15.5. The third-order valence-electron chi connectivity index (χ3n) is 13.9. The summed E-state index contributed by atoms with van der Waals surface area (Å²) in [4.78, 5) is 92.8. The van der Waals surface area contributed by atoms with Gasteiger partial charge in [-0.25, -0.2) is 0 Å². The minimum absolute atomic E-state index is 0.0851. The monoisotopic (exact) mass is 866 g/mol. The van der Waals surface area contributed by atoms with Crippen molar-refractivity contribution in [2.75, 3.05) is 6.54 Å². The topological polar surface area (TPSA) is 256 Å². The number of aliphatic carboxylic acids is 2. The number of carboxylic acids is 2. The first-order valence-corrected chi connectivity index (χ1v) is 22.1. The normalized spacial score (nSPS) is 26.0. The van der Waals surface area contributed by atoms with Gasteiger partial charge < -0.3 is 51.4 Å². The lowest BCUT2D eigenvalue weighted by Gasteiger charge is -2.64. The minimum atomic E-state index is -1.51. The van der Waals surface area contributed by atoms with Crippen molar-refractivity contribution in [2.24, 2.45) is 34.8 Å². The summed E-state index contributed by atoms with van der Waals surface area (Å²) in [6.45, 7) is 15.9. The number of carbonyl (C=O) groups is 7. The molecule has 2 aliphatic heterocycles. The van der Waals surface area contributed by atoms with Crippen molar-refractivity contribution in [3.63, 3.8) is 0 Å². The summed E-state index contributed by atoms with van der Waals surface area (Å²) in [5, 5.41) is 29.3. The van der Waals surface area contributed by atoms with Crippen LogP contribution in [0.25, 0.3) is 0 Å². The Labute approximate surface area is 364 Å². The second-order valence-corrected chi connectivity index (χ2v) is 19.3. The summed E-state index contributed by atoms with van der Waals surface area (Å²) in [5.41, 5.74) is 7.62. The van der Waals surface area contributed by atoms with Gasteiger partial charge in [-0.2, -0.15) is 0 Å². The van der Waals surface area contributed by atoms with Gasteiger partial charge in [-0.1, -0.05) is 65.8 Å². The number of hydrogen-bond acceptors (Lipinski definition) is 10. The van der Waals surface area contributed by atoms with Crippen LogP contribution in [0.4, 0.5) is 0 Å². The maximum atomic E-state index is 14.4. The van der Waals surface area contributed by atoms with Crippen LogP contribution in [0.5, 0.6) is 0 Å². The number of benzene rings is 1. The number of carboxylic acid groups (broad SMARTS) is 2. The van der Waals surface area contributed by atoms with Crippen LogP contribution in [0.1, 0.15) is 111 Å². The minimum Gasteiger partial charge on any atom is -0.481 e. The zero-order valence-electron chi connectivity index (χ0n) is 37.4. The highest BCUT2D eigenvalue weighted by Crippen LogP contribution is 2.65. The van der Waals surface area contributed by atoms with Crippen LogP contribution in [0.2, 0.25) is 0 Å². The van der Waals surface area contributed by atoms with E-state index in [0.717, 1.165) is 24.0 Å². The average molecular weight is 867 g/mol. The summed E-state index contributed by atoms with van der Waals surface area (Å²) in [6, 6.07) is 2.03. The van der Waals surface area contributed by atoms with E-state index in [-0.39, 0.29) is 30.4 Å². The molecule has 17 nitrogen and oxygen atoms in total. The van der Waals surface area contributed by atoms with Gasteiger partial charge in [0, 0.05) is 13.0 Å². The molecule has 0 radical (unpaired) electrons. The van der Waals surface area contributed by atoms with Gasteiger partial charge in [0.05, 0.1) is 30.1 Å². The van der Waals surface area contributed by atoms with Crippen molar-refractivity contribution in [1.82, 2.24) is 26.2 Å². The molecule has 1 aromatic rings. The number of likely N-dealkylation sites (tertiary alicyclic amines) is 1. The number of amides is 5. The maximum absolute atomic E-state index is 14.4. The first-order valence-electron chi connectivity index (χ1n) is 22.1. The Hall–Kier alpha value is -4.55. The molecule has 6 rings (SSSR count). The van der Waals surface area contributed by atoms with Gasteiger partial charge in [-0.3, -0.25) is 33.6 Å². The lowest BCUT2D eigenvalue weighted by molar-refractivity contribution is -0.199. The zero-order chi connectivity index (χ0) is 45.8. The number of nitrogens with one attached hydrogen (secondary N) is 4. The molecule has 5 amide bonds. The number of nitrogens with zero attached hydrogens (tertiary/aromatic N) is 1. The Morgan fingerprint density at radius 2 is 1.53 bits per heavy atom. The van der Waals surface area contributed by atoms with Gasteiger partial charge in [0.25, 0.3) is 0 Å². The van der Waals surface area contributed by atoms with E-state index in [2.05, 4.69) is 61.1 Å². The van der Waals surface area contributed by atoms with Crippen LogP contribution >= 0.6 is 0 Å². The van der Waals surface area contributed by atoms with Crippen molar-refractivity contribution >= 4 is 48.6 Å². The molecular weight excluding hydrogens is 799 g/mol. The van der Waals surface area contributed by atoms with Gasteiger partial charge in [-0.15, -0.1) is 0 Å². The second-order valence-electron chi connectivity index (χ2n) is 19.3. The van der Waals surface area contributed by atoms with E-state index in [0.29, 0.717) is 37.5 Å². The molecule has 0 spiro atoms. The van der Waals surface area contributed by atoms with Gasteiger partial charge in [0.2, 0.25) is 29.5 Å². The quantitative estimate of drug-likeness (QED) is 0.0931. The average Bonchev–Trinajstić information content (AvgIpc) is 3.83. The van der Waals surface area contributed by atoms with E-state index in [1.165, 1.54) is 4.90 Å². The first-order chi connectivity index (χ1) is 29.0. The predicted octanol–water partition coefficient (Wildman–Crippen LogP) is 2.10. The number of nitrogens with two attached hydrogens (primary N) is 1. The Balaban J connectivity index is 1.29. The van der Waals surface area contributed by atoms with Crippen LogP contribution in [0, 0.1) is 36.0 Å². The van der Waals surface area contributed by atoms with Crippen molar-refractivity contribution in [3.05, 3.63) is 35.4 Å². The lowest BCUT2D eigenvalue weighted by atomic mass is 9.43. The zero-order valence-corrected chi connectivity index (χ0v) is 37.4. The van der Waals surface area contributed by atoms with Crippen LogP contribution in [-0.4, -0.2) is 118 Å². The number of rotatable bonds is 20. The summed E-state index contributed by atoms with van der Waals surface area (Å²) >= 11 is 0. The molecule has 3 saturated carbocycles. The standard InChI is InChI=1S/C44H67BN6O11/c1-23(2)36(49-39(57)29(16-18-34(52)53)47-38(56)28(46)22-35(54)55)41(59)50-37(24(3)4)42(60)51-19-11-14-30(51)40(58)48-33(17-15-26-13-10-9-12-25(26)5)45-61-32-21-27-20-31(43(27,6)7)44(32,8)62-45/h9-10,12-13,23-24,27-33,36-37H,11,14-22,46H2,1-8H3,(H,47,56)(H,48,58)(H,49,57)(H,50,59)(H,52,53)(H,54,55)/t27-,28-,29-,30-,31-,32-,33-,36-,37-,44+/m0/s1. The summed E-state index contributed by atoms with van der Waals surface area (Å²) in [6.07, 6.45) is 2.49. The highest BCUT2D eigenvalue weighted by molar-refractivity contribution is 6.48. The van der Waals surface area contributed by atoms with E-state index >= 15 is 0 Å². The van der Waals surface area contributed by atoms with Gasteiger partial charge in [-0.05, 0) is 99.0 Å². The molecule has 5 aliphatic rings. The largest absolute Gasteiger partial charge is 0.481 e. The lowest BCUT2D eigenvalue weighted by Crippen LogP contribution is -2.65. The molecule has 1 aromatic carbocycles. The van der Waals surface area contributed by atoms with Crippen LogP contribution in [0.3, 0.4) is 0 Å². The fourth-order valence-electron chi connectivity index (χ4n) is 9.95. The van der Waals surface area contributed by atoms with E-state index in [1.807, 2.05) is 12.1 Å². The molecule has 8 N–H and O–H groups in total. The van der Waals surface area contributed by atoms with E-state index in [4.69, 9.17) is 20.1 Å². The van der Waals surface area contributed by atoms with Crippen molar-refractivity contribution in [2.45, 2.75) is 161 Å². The smallest absolute Gasteiger partial charge is 0.481 e. The van der Waals surface area contributed by atoms with Crippen LogP contribution in [0.15, 0.2) is 24.3 Å². The number of hydrogen-bond donors (Lipinski definition) is 7. The SMILES string of the molecule is Cc1ccccc1CC[C@H](NC(=O)[C@@H]1CCCN1C(=O)[C@@H](NC(=O)[C@@H](NC(=O)[C@H](CCC(=O)O)NC(=O)[C@@H](N)CC(=O)O)C(C)C)C(C)C)B1O[C@H]2C[C@@H]3C[C@@H](C3(C)C)[C@@]2(C)O1. The van der Waals surface area contributed by atoms with E-state index in [9.17, 15) is 38.7 Å². The maximum Gasteiger partial charge on any atom is 0.481 e. The highest BCUT2D eigenvalue weighted by atomic mass is 16.7. The van der Waals surface area contributed by atoms with Crippen molar-refractivity contribution in [3.8, 4) is 0 Å². The number of carbonyl (C=O) groups excluding carboxylic acids is 5. The summed E-state index contributed by atoms with van der Waals surface area (Å²) in [7, 11) is -0.678. The van der Waals surface area contributed by atoms with Crippen LogP contribution < -0.4 is 27.0 Å². The molecule has 18 heteroatoms. The molecule has 0 aromatic heterocycles. The molecule has 3 aliphatic carbocycles. The summed E-state index contributed by atoms with van der Waals surface area (Å²) < 4.78 is 13.5. The Morgan fingerprint density at radius 3 is 2.15 bits per heavy atom. The predicted molar refractivity (Wildman–Crippen MR) is 229 cm³/mol. The molecule has 5 fully saturated rings. The Morgan fingerprint density at radius 1 is 0.871 bits per heavy atom. The third-order valence-corrected chi connectivity index (χ3v) is 13.9. The molecule has 2 heterocycles. The Bertz CT molecular complexity index is 1860. The van der Waals surface area contributed by atoms with Gasteiger partial charge >= 0.3 is 19.1 Å². The van der Waals surface area contributed by atoms with E-state index in [1.54, 1.807) is 27.7 Å². The molecule has 2 bridgehead atoms. The molecule has 62 heavy (non-hydrogen) atoms. The van der Waals surface area contributed by atoms with Gasteiger partial charge in [0.1, 0.15) is 24.2 Å². The molecule has 0 unspecified atom stereocenters.